The molecule has 2 nitrogen and oxygen atoms in total. The molecule has 0 radical (unpaired) electrons. The Labute approximate surface area is 124 Å². The second kappa shape index (κ2) is 5.67. The molecule has 1 aromatic rings. The van der Waals surface area contributed by atoms with Crippen molar-refractivity contribution in [1.82, 2.24) is 4.90 Å². The first-order valence-electron chi connectivity index (χ1n) is 5.46. The van der Waals surface area contributed by atoms with Gasteiger partial charge in [-0.3, -0.25) is 0 Å². The third-order valence-electron chi connectivity index (χ3n) is 2.84. The maximum Gasteiger partial charge on any atom is 0.143 e. The molecule has 92 valence electrons. The topological polar surface area (TPSA) is 12.5 Å². The zero-order chi connectivity index (χ0) is 12.4. The highest BCUT2D eigenvalue weighted by atomic mass is 79.9. The summed E-state index contributed by atoms with van der Waals surface area (Å²) in [5, 5.41) is 0. The third-order valence-corrected chi connectivity index (χ3v) is 4.36. The Morgan fingerprint density at radius 2 is 1.94 bits per heavy atom. The van der Waals surface area contributed by atoms with E-state index in [1.807, 2.05) is 12.1 Å². The van der Waals surface area contributed by atoms with E-state index in [2.05, 4.69) is 36.8 Å². The highest BCUT2D eigenvalue weighted by molar-refractivity contribution is 9.11. The normalized spacial score (nSPS) is 15.1. The highest BCUT2D eigenvalue weighted by Crippen LogP contribution is 2.34. The van der Waals surface area contributed by atoms with Gasteiger partial charge in [-0.1, -0.05) is 28.1 Å². The Balaban J connectivity index is 2.39. The number of hydrogen-bond acceptors (Lipinski definition) is 2. The molecule has 0 aromatic heterocycles. The second-order valence-corrected chi connectivity index (χ2v) is 6.12. The average molecular weight is 379 g/mol. The van der Waals surface area contributed by atoms with Gasteiger partial charge in [-0.2, -0.15) is 0 Å². The lowest BCUT2D eigenvalue weighted by Crippen LogP contribution is -2.27. The number of hydrogen-bond donors (Lipinski definition) is 0. The van der Waals surface area contributed by atoms with Crippen LogP contribution < -0.4 is 4.74 Å². The van der Waals surface area contributed by atoms with E-state index in [-0.39, 0.29) is 0 Å². The molecule has 1 aromatic carbocycles. The predicted molar refractivity (Wildman–Crippen MR) is 80.9 cm³/mol. The minimum absolute atomic E-state index is 0.810. The van der Waals surface area contributed by atoms with Crippen LogP contribution in [0.4, 0.5) is 0 Å². The monoisotopic (exact) mass is 377 g/mol. The highest BCUT2D eigenvalue weighted by Gasteiger charge is 2.20. The summed E-state index contributed by atoms with van der Waals surface area (Å²) in [6.45, 7) is 2.10. The fraction of sp³-hybridized carbons (Fsp3) is 0.417. The van der Waals surface area contributed by atoms with Crippen molar-refractivity contribution in [2.45, 2.75) is 12.8 Å². The standard InChI is InChI=1S/C12H13Br2NOS/c1-16-11-9(6-8(13)7-10(11)14)12(17)15-4-2-3-5-15/h6-7H,2-5H2,1H3. The lowest BCUT2D eigenvalue weighted by atomic mass is 10.2. The van der Waals surface area contributed by atoms with Crippen molar-refractivity contribution in [2.75, 3.05) is 20.2 Å². The van der Waals surface area contributed by atoms with Crippen LogP contribution in [0.3, 0.4) is 0 Å². The smallest absolute Gasteiger partial charge is 0.143 e. The maximum absolute atomic E-state index is 5.56. The minimum Gasteiger partial charge on any atom is -0.495 e. The van der Waals surface area contributed by atoms with Crippen molar-refractivity contribution in [3.05, 3.63) is 26.6 Å². The van der Waals surface area contributed by atoms with Gasteiger partial charge in [-0.25, -0.2) is 0 Å². The predicted octanol–water partition coefficient (Wildman–Crippen LogP) is 3.99. The molecule has 1 fully saturated rings. The van der Waals surface area contributed by atoms with Crippen molar-refractivity contribution in [3.8, 4) is 5.75 Å². The summed E-state index contributed by atoms with van der Waals surface area (Å²) in [5.74, 6) is 0.810. The fourth-order valence-corrected chi connectivity index (χ4v) is 3.74. The number of rotatable bonds is 2. The summed E-state index contributed by atoms with van der Waals surface area (Å²) in [4.78, 5) is 3.12. The van der Waals surface area contributed by atoms with E-state index in [4.69, 9.17) is 17.0 Å². The lowest BCUT2D eigenvalue weighted by Gasteiger charge is -2.21. The molecule has 17 heavy (non-hydrogen) atoms. The maximum atomic E-state index is 5.56. The molecule has 1 saturated heterocycles. The Morgan fingerprint density at radius 1 is 1.29 bits per heavy atom. The van der Waals surface area contributed by atoms with Crippen molar-refractivity contribution in [1.29, 1.82) is 0 Å². The molecule has 2 rings (SSSR count). The third kappa shape index (κ3) is 2.83. The summed E-state index contributed by atoms with van der Waals surface area (Å²) in [5.41, 5.74) is 0.977. The molecular weight excluding hydrogens is 366 g/mol. The summed E-state index contributed by atoms with van der Waals surface area (Å²) < 4.78 is 7.35. The Hall–Kier alpha value is -0.130. The first-order chi connectivity index (χ1) is 8.13. The van der Waals surface area contributed by atoms with Crippen molar-refractivity contribution in [2.24, 2.45) is 0 Å². The van der Waals surface area contributed by atoms with Crippen LogP contribution in [0.25, 0.3) is 0 Å². The zero-order valence-corrected chi connectivity index (χ0v) is 13.5. The van der Waals surface area contributed by atoms with Crippen LogP contribution in [0, 0.1) is 0 Å². The Kier molecular flexibility index (Phi) is 4.44. The van der Waals surface area contributed by atoms with E-state index in [9.17, 15) is 0 Å². The lowest BCUT2D eigenvalue weighted by molar-refractivity contribution is 0.409. The van der Waals surface area contributed by atoms with Gasteiger partial charge in [0, 0.05) is 17.6 Å². The van der Waals surface area contributed by atoms with Crippen LogP contribution in [0.5, 0.6) is 5.75 Å². The van der Waals surface area contributed by atoms with Gasteiger partial charge in [0.05, 0.1) is 17.1 Å². The van der Waals surface area contributed by atoms with Crippen molar-refractivity contribution < 1.29 is 4.74 Å². The minimum atomic E-state index is 0.810. The average Bonchev–Trinajstić information content (AvgIpc) is 2.80. The van der Waals surface area contributed by atoms with Crippen LogP contribution in [0.15, 0.2) is 21.1 Å². The van der Waals surface area contributed by atoms with Crippen LogP contribution in [-0.2, 0) is 0 Å². The van der Waals surface area contributed by atoms with Gasteiger partial charge in [0.15, 0.2) is 0 Å². The first-order valence-corrected chi connectivity index (χ1v) is 7.45. The van der Waals surface area contributed by atoms with Gasteiger partial charge in [0.2, 0.25) is 0 Å². The number of methoxy groups -OCH3 is 1. The van der Waals surface area contributed by atoms with Gasteiger partial charge in [0.25, 0.3) is 0 Å². The van der Waals surface area contributed by atoms with E-state index >= 15 is 0 Å². The molecule has 0 bridgehead atoms. The number of ether oxygens (including phenoxy) is 1. The van der Waals surface area contributed by atoms with E-state index in [1.54, 1.807) is 7.11 Å². The summed E-state index contributed by atoms with van der Waals surface area (Å²) in [6.07, 6.45) is 2.44. The van der Waals surface area contributed by atoms with E-state index in [0.717, 1.165) is 38.3 Å². The van der Waals surface area contributed by atoms with Gasteiger partial charge >= 0.3 is 0 Å². The number of thiocarbonyl (C=S) groups is 1. The Bertz CT molecular complexity index is 444. The molecule has 1 aliphatic rings. The summed E-state index contributed by atoms with van der Waals surface area (Å²) >= 11 is 12.5. The molecular formula is C12H13Br2NOS. The molecule has 0 unspecified atom stereocenters. The molecule has 0 atom stereocenters. The number of likely N-dealkylation sites (tertiary alicyclic amines) is 1. The largest absolute Gasteiger partial charge is 0.495 e. The summed E-state index contributed by atoms with van der Waals surface area (Å²) in [7, 11) is 1.67. The number of benzene rings is 1. The number of halogens is 2. The number of nitrogens with zero attached hydrogens (tertiary/aromatic N) is 1. The zero-order valence-electron chi connectivity index (χ0n) is 9.50. The van der Waals surface area contributed by atoms with Crippen LogP contribution in [-0.4, -0.2) is 30.1 Å². The van der Waals surface area contributed by atoms with E-state index < -0.39 is 0 Å². The summed E-state index contributed by atoms with van der Waals surface area (Å²) in [6, 6.07) is 3.99. The van der Waals surface area contributed by atoms with Gasteiger partial charge < -0.3 is 9.64 Å². The van der Waals surface area contributed by atoms with Crippen LogP contribution >= 0.6 is 44.1 Å². The van der Waals surface area contributed by atoms with E-state index in [0.29, 0.717) is 0 Å². The molecule has 1 aliphatic heterocycles. The van der Waals surface area contributed by atoms with Crippen LogP contribution in [0.2, 0.25) is 0 Å². The molecule has 0 aliphatic carbocycles. The first kappa shape index (κ1) is 13.3. The van der Waals surface area contributed by atoms with Crippen molar-refractivity contribution in [3.63, 3.8) is 0 Å². The molecule has 0 saturated carbocycles. The molecule has 0 N–H and O–H groups in total. The fourth-order valence-electron chi connectivity index (χ4n) is 2.02. The van der Waals surface area contributed by atoms with Crippen LogP contribution in [0.1, 0.15) is 18.4 Å². The SMILES string of the molecule is COc1c(Br)cc(Br)cc1C(=S)N1CCCC1. The molecule has 0 amide bonds. The quantitative estimate of drug-likeness (QED) is 0.722. The van der Waals surface area contributed by atoms with E-state index in [1.165, 1.54) is 12.8 Å². The van der Waals surface area contributed by atoms with Gasteiger partial charge in [-0.05, 0) is 40.9 Å². The van der Waals surface area contributed by atoms with Gasteiger partial charge in [-0.15, -0.1) is 0 Å². The van der Waals surface area contributed by atoms with Crippen molar-refractivity contribution >= 4 is 49.1 Å². The molecule has 5 heteroatoms. The molecule has 0 spiro atoms. The second-order valence-electron chi connectivity index (χ2n) is 3.97. The molecule has 1 heterocycles. The van der Waals surface area contributed by atoms with Gasteiger partial charge in [0.1, 0.15) is 10.7 Å². The Morgan fingerprint density at radius 3 is 2.53 bits per heavy atom.